The molecule has 1 aromatic carbocycles. The van der Waals surface area contributed by atoms with E-state index >= 15 is 0 Å². The van der Waals surface area contributed by atoms with Crippen LogP contribution in [0.2, 0.25) is 0 Å². The lowest BCUT2D eigenvalue weighted by molar-refractivity contribution is 0.199. The van der Waals surface area contributed by atoms with Gasteiger partial charge in [-0.2, -0.15) is 0 Å². The van der Waals surface area contributed by atoms with Crippen LogP contribution in [0.5, 0.6) is 0 Å². The summed E-state index contributed by atoms with van der Waals surface area (Å²) >= 11 is 0. The molecule has 0 radical (unpaired) electrons. The van der Waals surface area contributed by atoms with Gasteiger partial charge in [0.05, 0.1) is 6.10 Å². The SMILES string of the molecule is CCC1CCCN(c2ccccc2C(C)O)CC1. The first-order valence-electron chi connectivity index (χ1n) is 7.24. The van der Waals surface area contributed by atoms with E-state index < -0.39 is 0 Å². The van der Waals surface area contributed by atoms with Crippen molar-refractivity contribution in [3.05, 3.63) is 29.8 Å². The molecule has 0 bridgehead atoms. The van der Waals surface area contributed by atoms with Gasteiger partial charge in [-0.1, -0.05) is 31.5 Å². The fourth-order valence-electron chi connectivity index (χ4n) is 2.94. The van der Waals surface area contributed by atoms with Crippen molar-refractivity contribution in [1.82, 2.24) is 0 Å². The van der Waals surface area contributed by atoms with Gasteiger partial charge in [-0.05, 0) is 38.2 Å². The molecule has 1 fully saturated rings. The summed E-state index contributed by atoms with van der Waals surface area (Å²) in [6.45, 7) is 6.40. The molecule has 0 spiro atoms. The van der Waals surface area contributed by atoms with Gasteiger partial charge in [0.1, 0.15) is 0 Å². The summed E-state index contributed by atoms with van der Waals surface area (Å²) in [5.41, 5.74) is 2.29. The Morgan fingerprint density at radius 1 is 1.28 bits per heavy atom. The van der Waals surface area contributed by atoms with Gasteiger partial charge in [-0.15, -0.1) is 0 Å². The van der Waals surface area contributed by atoms with E-state index in [1.54, 1.807) is 0 Å². The molecule has 18 heavy (non-hydrogen) atoms. The molecule has 0 aliphatic carbocycles. The van der Waals surface area contributed by atoms with E-state index in [4.69, 9.17) is 0 Å². The Labute approximate surface area is 111 Å². The zero-order chi connectivity index (χ0) is 13.0. The van der Waals surface area contributed by atoms with Crippen LogP contribution < -0.4 is 4.90 Å². The van der Waals surface area contributed by atoms with E-state index in [1.807, 2.05) is 19.1 Å². The number of hydrogen-bond donors (Lipinski definition) is 1. The highest BCUT2D eigenvalue weighted by atomic mass is 16.3. The van der Waals surface area contributed by atoms with Crippen LogP contribution in [0.3, 0.4) is 0 Å². The van der Waals surface area contributed by atoms with Crippen molar-refractivity contribution in [3.8, 4) is 0 Å². The van der Waals surface area contributed by atoms with Crippen LogP contribution in [0.1, 0.15) is 51.2 Å². The molecule has 2 heteroatoms. The fourth-order valence-corrected chi connectivity index (χ4v) is 2.94. The molecular weight excluding hydrogens is 222 g/mol. The largest absolute Gasteiger partial charge is 0.389 e. The average molecular weight is 247 g/mol. The maximum atomic E-state index is 9.88. The third-order valence-corrected chi connectivity index (χ3v) is 4.15. The number of aliphatic hydroxyl groups excluding tert-OH is 1. The van der Waals surface area contributed by atoms with Crippen LogP contribution in [-0.2, 0) is 0 Å². The van der Waals surface area contributed by atoms with Gasteiger partial charge < -0.3 is 10.0 Å². The van der Waals surface area contributed by atoms with Crippen molar-refractivity contribution >= 4 is 5.69 Å². The monoisotopic (exact) mass is 247 g/mol. The minimum absolute atomic E-state index is 0.383. The van der Waals surface area contributed by atoms with Crippen molar-refractivity contribution in [1.29, 1.82) is 0 Å². The molecule has 0 amide bonds. The van der Waals surface area contributed by atoms with Gasteiger partial charge in [-0.3, -0.25) is 0 Å². The molecule has 1 N–H and O–H groups in total. The number of anilines is 1. The van der Waals surface area contributed by atoms with Gasteiger partial charge in [0, 0.05) is 24.3 Å². The van der Waals surface area contributed by atoms with E-state index in [1.165, 1.54) is 31.4 Å². The first kappa shape index (κ1) is 13.4. The number of nitrogens with zero attached hydrogens (tertiary/aromatic N) is 1. The fraction of sp³-hybridized carbons (Fsp3) is 0.625. The highest BCUT2D eigenvalue weighted by molar-refractivity contribution is 5.54. The molecule has 0 saturated carbocycles. The van der Waals surface area contributed by atoms with Gasteiger partial charge in [0.15, 0.2) is 0 Å². The third-order valence-electron chi connectivity index (χ3n) is 4.15. The summed E-state index contributed by atoms with van der Waals surface area (Å²) < 4.78 is 0. The van der Waals surface area contributed by atoms with Crippen molar-refractivity contribution < 1.29 is 5.11 Å². The molecule has 0 aromatic heterocycles. The summed E-state index contributed by atoms with van der Waals surface area (Å²) in [4.78, 5) is 2.46. The quantitative estimate of drug-likeness (QED) is 0.879. The maximum Gasteiger partial charge on any atom is 0.0781 e. The number of hydrogen-bond acceptors (Lipinski definition) is 2. The molecular formula is C16H25NO. The summed E-state index contributed by atoms with van der Waals surface area (Å²) in [5.74, 6) is 0.883. The van der Waals surface area contributed by atoms with Crippen molar-refractivity contribution in [2.45, 2.75) is 45.6 Å². The maximum absolute atomic E-state index is 9.88. The van der Waals surface area contributed by atoms with E-state index in [2.05, 4.69) is 24.0 Å². The lowest BCUT2D eigenvalue weighted by Crippen LogP contribution is -2.25. The molecule has 2 unspecified atom stereocenters. The molecule has 1 aromatic rings. The summed E-state index contributed by atoms with van der Waals surface area (Å²) in [6.07, 6.45) is 4.82. The van der Waals surface area contributed by atoms with Gasteiger partial charge in [0.2, 0.25) is 0 Å². The Hall–Kier alpha value is -1.02. The second kappa shape index (κ2) is 6.24. The Kier molecular flexibility index (Phi) is 4.65. The number of aliphatic hydroxyl groups is 1. The Balaban J connectivity index is 2.16. The molecule has 1 aliphatic rings. The Morgan fingerprint density at radius 2 is 2.06 bits per heavy atom. The zero-order valence-electron chi connectivity index (χ0n) is 11.6. The molecule has 2 rings (SSSR count). The topological polar surface area (TPSA) is 23.5 Å². The van der Waals surface area contributed by atoms with Crippen LogP contribution in [0, 0.1) is 5.92 Å². The van der Waals surface area contributed by atoms with Crippen LogP contribution in [0.25, 0.3) is 0 Å². The first-order valence-corrected chi connectivity index (χ1v) is 7.24. The minimum Gasteiger partial charge on any atom is -0.389 e. The average Bonchev–Trinajstić information content (AvgIpc) is 2.63. The summed E-state index contributed by atoms with van der Waals surface area (Å²) in [7, 11) is 0. The van der Waals surface area contributed by atoms with Gasteiger partial charge in [0.25, 0.3) is 0 Å². The molecule has 2 atom stereocenters. The molecule has 1 aliphatic heterocycles. The Bertz CT molecular complexity index is 375. The second-order valence-corrected chi connectivity index (χ2v) is 5.43. The lowest BCUT2D eigenvalue weighted by Gasteiger charge is -2.26. The highest BCUT2D eigenvalue weighted by Gasteiger charge is 2.18. The smallest absolute Gasteiger partial charge is 0.0781 e. The first-order chi connectivity index (χ1) is 8.72. The molecule has 2 nitrogen and oxygen atoms in total. The van der Waals surface area contributed by atoms with Gasteiger partial charge in [-0.25, -0.2) is 0 Å². The van der Waals surface area contributed by atoms with Gasteiger partial charge >= 0.3 is 0 Å². The van der Waals surface area contributed by atoms with Crippen molar-refractivity contribution in [2.24, 2.45) is 5.92 Å². The van der Waals surface area contributed by atoms with Crippen molar-refractivity contribution in [3.63, 3.8) is 0 Å². The zero-order valence-corrected chi connectivity index (χ0v) is 11.6. The number of rotatable bonds is 3. The predicted octanol–water partition coefficient (Wildman–Crippen LogP) is 3.76. The molecule has 1 saturated heterocycles. The standard InChI is InChI=1S/C16H25NO/c1-3-14-7-6-11-17(12-10-14)16-9-5-4-8-15(16)13(2)18/h4-5,8-9,13-14,18H,3,6-7,10-12H2,1-2H3. The normalized spacial score (nSPS) is 22.6. The van der Waals surface area contributed by atoms with Crippen molar-refractivity contribution in [2.75, 3.05) is 18.0 Å². The van der Waals surface area contributed by atoms with Crippen LogP contribution in [-0.4, -0.2) is 18.2 Å². The minimum atomic E-state index is -0.383. The van der Waals surface area contributed by atoms with Crippen LogP contribution in [0.15, 0.2) is 24.3 Å². The second-order valence-electron chi connectivity index (χ2n) is 5.43. The van der Waals surface area contributed by atoms with E-state index in [-0.39, 0.29) is 6.10 Å². The third kappa shape index (κ3) is 3.05. The molecule has 1 heterocycles. The van der Waals surface area contributed by atoms with E-state index in [0.29, 0.717) is 0 Å². The van der Waals surface area contributed by atoms with Crippen LogP contribution in [0.4, 0.5) is 5.69 Å². The number of para-hydroxylation sites is 1. The summed E-state index contributed by atoms with van der Waals surface area (Å²) in [5, 5.41) is 9.88. The highest BCUT2D eigenvalue weighted by Crippen LogP contribution is 2.29. The molecule has 100 valence electrons. The van der Waals surface area contributed by atoms with Crippen LogP contribution >= 0.6 is 0 Å². The Morgan fingerprint density at radius 3 is 2.78 bits per heavy atom. The number of benzene rings is 1. The lowest BCUT2D eigenvalue weighted by atomic mass is 9.98. The van der Waals surface area contributed by atoms with E-state index in [0.717, 1.165) is 24.6 Å². The van der Waals surface area contributed by atoms with E-state index in [9.17, 15) is 5.11 Å². The predicted molar refractivity (Wildman–Crippen MR) is 76.9 cm³/mol. The summed E-state index contributed by atoms with van der Waals surface area (Å²) in [6, 6.07) is 8.28.